The summed E-state index contributed by atoms with van der Waals surface area (Å²) < 4.78 is 0. The number of benzene rings is 3. The van der Waals surface area contributed by atoms with Crippen molar-refractivity contribution in [1.82, 2.24) is 16.1 Å². The zero-order valence-corrected chi connectivity index (χ0v) is 21.2. The van der Waals surface area contributed by atoms with Gasteiger partial charge in [0.2, 0.25) is 0 Å². The van der Waals surface area contributed by atoms with Crippen LogP contribution < -0.4 is 21.1 Å². The molecule has 3 N–H and O–H groups in total. The summed E-state index contributed by atoms with van der Waals surface area (Å²) in [5, 5.41) is 8.54. The largest absolute Gasteiger partial charge is 0.351 e. The van der Waals surface area contributed by atoms with Crippen molar-refractivity contribution in [3.63, 3.8) is 0 Å². The van der Waals surface area contributed by atoms with Crippen LogP contribution in [0.5, 0.6) is 0 Å². The van der Waals surface area contributed by atoms with Gasteiger partial charge in [-0.15, -0.1) is 0 Å². The van der Waals surface area contributed by atoms with Crippen molar-refractivity contribution in [3.8, 4) is 0 Å². The number of nitrogens with one attached hydrogen (secondary N) is 3. The van der Waals surface area contributed by atoms with Gasteiger partial charge in [-0.05, 0) is 54.0 Å². The molecule has 3 aromatic rings. The highest BCUT2D eigenvalue weighted by atomic mass is 35.5. The van der Waals surface area contributed by atoms with Crippen LogP contribution in [0.3, 0.4) is 0 Å². The number of rotatable bonds is 8. The second-order valence-electron chi connectivity index (χ2n) is 9.27. The van der Waals surface area contributed by atoms with Crippen LogP contribution in [0.15, 0.2) is 96.7 Å². The van der Waals surface area contributed by atoms with E-state index in [1.807, 2.05) is 80.6 Å². The molecule has 2 amide bonds. The van der Waals surface area contributed by atoms with E-state index in [1.165, 1.54) is 0 Å². The molecule has 1 aliphatic heterocycles. The Bertz CT molecular complexity index is 1200. The first-order chi connectivity index (χ1) is 17.4. The Kier molecular flexibility index (Phi) is 8.41. The lowest BCUT2D eigenvalue weighted by atomic mass is 9.93. The molecule has 7 heteroatoms. The summed E-state index contributed by atoms with van der Waals surface area (Å²) in [7, 11) is 0. The lowest BCUT2D eigenvalue weighted by Gasteiger charge is -2.20. The summed E-state index contributed by atoms with van der Waals surface area (Å²) >= 11 is 6.14. The molecular formula is C29H31ClN4O2. The third-order valence-electron chi connectivity index (χ3n) is 5.99. The quantitative estimate of drug-likeness (QED) is 0.374. The predicted molar refractivity (Wildman–Crippen MR) is 144 cm³/mol. The van der Waals surface area contributed by atoms with Gasteiger partial charge in [0.1, 0.15) is 5.70 Å². The molecule has 36 heavy (non-hydrogen) atoms. The Morgan fingerprint density at radius 3 is 2.28 bits per heavy atom. The molecule has 6 nitrogen and oxygen atoms in total. The molecule has 0 saturated carbocycles. The molecule has 2 atom stereocenters. The highest BCUT2D eigenvalue weighted by molar-refractivity contribution is 6.30. The van der Waals surface area contributed by atoms with Gasteiger partial charge in [0.25, 0.3) is 11.8 Å². The van der Waals surface area contributed by atoms with E-state index in [2.05, 4.69) is 21.1 Å². The molecule has 0 unspecified atom stereocenters. The number of hydrogen-bond donors (Lipinski definition) is 3. The number of carbonyl (C=O) groups excluding carboxylic acids is 2. The third kappa shape index (κ3) is 6.53. The number of para-hydroxylation sites is 1. The summed E-state index contributed by atoms with van der Waals surface area (Å²) in [6, 6.07) is 26.5. The molecule has 0 aromatic heterocycles. The van der Waals surface area contributed by atoms with E-state index in [-0.39, 0.29) is 35.4 Å². The van der Waals surface area contributed by atoms with Crippen LogP contribution in [0.1, 0.15) is 35.8 Å². The maximum absolute atomic E-state index is 13.2. The van der Waals surface area contributed by atoms with Crippen molar-refractivity contribution in [3.05, 3.63) is 113 Å². The summed E-state index contributed by atoms with van der Waals surface area (Å²) in [6.07, 6.45) is 1.87. The monoisotopic (exact) mass is 502 g/mol. The molecule has 0 spiro atoms. The van der Waals surface area contributed by atoms with Crippen molar-refractivity contribution >= 4 is 29.1 Å². The first kappa shape index (κ1) is 25.5. The van der Waals surface area contributed by atoms with E-state index in [0.29, 0.717) is 23.7 Å². The van der Waals surface area contributed by atoms with E-state index in [9.17, 15) is 9.59 Å². The number of halogens is 1. The van der Waals surface area contributed by atoms with Gasteiger partial charge in [-0.1, -0.05) is 74.0 Å². The molecule has 4 rings (SSSR count). The van der Waals surface area contributed by atoms with E-state index < -0.39 is 0 Å². The number of hydrogen-bond acceptors (Lipinski definition) is 4. The summed E-state index contributed by atoms with van der Waals surface area (Å²) in [5.41, 5.74) is 6.36. The van der Waals surface area contributed by atoms with Crippen molar-refractivity contribution in [2.75, 3.05) is 18.1 Å². The highest BCUT2D eigenvalue weighted by Crippen LogP contribution is 2.33. The van der Waals surface area contributed by atoms with Crippen LogP contribution >= 0.6 is 11.6 Å². The molecule has 1 heterocycles. The molecule has 0 aliphatic carbocycles. The lowest BCUT2D eigenvalue weighted by molar-refractivity contribution is -0.118. The SMILES string of the molecule is CC(C)CNC(=O)/C(=C/[C@@H]1CN(c2ccccc2)N[C@H]1c1ccc(Cl)cc1)NC(=O)c1ccccc1. The predicted octanol–water partition coefficient (Wildman–Crippen LogP) is 5.11. The first-order valence-electron chi connectivity index (χ1n) is 12.1. The van der Waals surface area contributed by atoms with Crippen LogP contribution in [0.25, 0.3) is 0 Å². The molecule has 186 valence electrons. The van der Waals surface area contributed by atoms with E-state index in [0.717, 1.165) is 11.3 Å². The molecule has 0 radical (unpaired) electrons. The minimum absolute atomic E-state index is 0.109. The van der Waals surface area contributed by atoms with Gasteiger partial charge in [-0.3, -0.25) is 9.59 Å². The number of anilines is 1. The van der Waals surface area contributed by atoms with Gasteiger partial charge in [-0.25, -0.2) is 5.43 Å². The lowest BCUT2D eigenvalue weighted by Crippen LogP contribution is -2.37. The fraction of sp³-hybridized carbons (Fsp3) is 0.241. The maximum Gasteiger partial charge on any atom is 0.267 e. The fourth-order valence-corrected chi connectivity index (χ4v) is 4.25. The van der Waals surface area contributed by atoms with Crippen molar-refractivity contribution in [2.24, 2.45) is 11.8 Å². The molecule has 1 aliphatic rings. The summed E-state index contributed by atoms with van der Waals surface area (Å²) in [5.74, 6) is -0.456. The Labute approximate surface area is 217 Å². The highest BCUT2D eigenvalue weighted by Gasteiger charge is 2.33. The molecule has 0 bridgehead atoms. The van der Waals surface area contributed by atoms with E-state index in [4.69, 9.17) is 11.6 Å². The Balaban J connectivity index is 1.67. The normalized spacial score (nSPS) is 17.8. The van der Waals surface area contributed by atoms with E-state index in [1.54, 1.807) is 24.3 Å². The van der Waals surface area contributed by atoms with Gasteiger partial charge < -0.3 is 15.6 Å². The second-order valence-corrected chi connectivity index (χ2v) is 9.71. The maximum atomic E-state index is 13.2. The van der Waals surface area contributed by atoms with Crippen molar-refractivity contribution in [2.45, 2.75) is 19.9 Å². The van der Waals surface area contributed by atoms with Gasteiger partial charge in [-0.2, -0.15) is 0 Å². The fourth-order valence-electron chi connectivity index (χ4n) is 4.13. The molecule has 1 fully saturated rings. The third-order valence-corrected chi connectivity index (χ3v) is 6.25. The zero-order valence-electron chi connectivity index (χ0n) is 20.4. The summed E-state index contributed by atoms with van der Waals surface area (Å²) in [4.78, 5) is 26.2. The summed E-state index contributed by atoms with van der Waals surface area (Å²) in [6.45, 7) is 5.18. The standard InChI is InChI=1S/C29H31ClN4O2/c1-20(2)18-31-29(36)26(32-28(35)22-9-5-3-6-10-22)17-23-19-34(25-11-7-4-8-12-25)33-27(23)21-13-15-24(30)16-14-21/h3-17,20,23,27,33H,18-19H2,1-2H3,(H,31,36)(H,32,35)/b26-17-/t23-,27+/m1/s1. The Hall–Kier alpha value is -3.61. The number of hydrazine groups is 1. The average molecular weight is 503 g/mol. The minimum atomic E-state index is -0.324. The van der Waals surface area contributed by atoms with Crippen molar-refractivity contribution in [1.29, 1.82) is 0 Å². The first-order valence-corrected chi connectivity index (χ1v) is 12.5. The minimum Gasteiger partial charge on any atom is -0.351 e. The topological polar surface area (TPSA) is 73.5 Å². The van der Waals surface area contributed by atoms with Gasteiger partial charge >= 0.3 is 0 Å². The van der Waals surface area contributed by atoms with Crippen molar-refractivity contribution < 1.29 is 9.59 Å². The van der Waals surface area contributed by atoms with Crippen LogP contribution in [-0.4, -0.2) is 24.9 Å². The Morgan fingerprint density at radius 2 is 1.64 bits per heavy atom. The zero-order chi connectivity index (χ0) is 25.5. The Morgan fingerprint density at radius 1 is 1.00 bits per heavy atom. The van der Waals surface area contributed by atoms with Crippen LogP contribution in [0.2, 0.25) is 5.02 Å². The average Bonchev–Trinajstić information content (AvgIpc) is 3.32. The van der Waals surface area contributed by atoms with Crippen LogP contribution in [0.4, 0.5) is 5.69 Å². The smallest absolute Gasteiger partial charge is 0.267 e. The van der Waals surface area contributed by atoms with Gasteiger partial charge in [0, 0.05) is 29.6 Å². The number of amides is 2. The molecule has 1 saturated heterocycles. The molecule has 3 aromatic carbocycles. The number of carbonyl (C=O) groups is 2. The van der Waals surface area contributed by atoms with E-state index >= 15 is 0 Å². The van der Waals surface area contributed by atoms with Gasteiger partial charge in [0.05, 0.1) is 11.7 Å². The number of nitrogens with zero attached hydrogens (tertiary/aromatic N) is 1. The molecular weight excluding hydrogens is 472 g/mol. The van der Waals surface area contributed by atoms with Gasteiger partial charge in [0.15, 0.2) is 0 Å². The van der Waals surface area contributed by atoms with Crippen LogP contribution in [-0.2, 0) is 4.79 Å². The van der Waals surface area contributed by atoms with Crippen LogP contribution in [0, 0.1) is 11.8 Å². The second kappa shape index (κ2) is 11.9.